The van der Waals surface area contributed by atoms with Gasteiger partial charge in [0.05, 0.1) is 6.42 Å². The molecule has 0 atom stereocenters. The van der Waals surface area contributed by atoms with Gasteiger partial charge in [-0.05, 0) is 17.5 Å². The highest BCUT2D eigenvalue weighted by Crippen LogP contribution is 2.25. The standard InChI is InChI=1S/C14H14F2N2OS/c1-8(2)12-7-17-14(20-12)18-13(19)5-9-3-4-10(15)6-11(9)16/h3-4,6-8H,5H2,1-2H3,(H,17,18,19). The van der Waals surface area contributed by atoms with Crippen LogP contribution in [-0.4, -0.2) is 10.9 Å². The molecule has 0 aliphatic heterocycles. The molecule has 0 aliphatic carbocycles. The molecule has 3 nitrogen and oxygen atoms in total. The molecule has 0 aliphatic rings. The van der Waals surface area contributed by atoms with E-state index in [1.54, 1.807) is 6.20 Å². The maximum atomic E-state index is 13.4. The van der Waals surface area contributed by atoms with Crippen LogP contribution in [0.1, 0.15) is 30.2 Å². The van der Waals surface area contributed by atoms with Crippen LogP contribution in [0, 0.1) is 11.6 Å². The summed E-state index contributed by atoms with van der Waals surface area (Å²) < 4.78 is 26.2. The normalized spacial score (nSPS) is 10.8. The average molecular weight is 296 g/mol. The quantitative estimate of drug-likeness (QED) is 0.934. The minimum absolute atomic E-state index is 0.150. The van der Waals surface area contributed by atoms with E-state index in [0.717, 1.165) is 17.0 Å². The van der Waals surface area contributed by atoms with Gasteiger partial charge in [-0.2, -0.15) is 0 Å². The van der Waals surface area contributed by atoms with E-state index < -0.39 is 11.6 Å². The SMILES string of the molecule is CC(C)c1cnc(NC(=O)Cc2ccc(F)cc2F)s1. The highest BCUT2D eigenvalue weighted by atomic mass is 32.1. The van der Waals surface area contributed by atoms with Crippen LogP contribution in [0.2, 0.25) is 0 Å². The summed E-state index contributed by atoms with van der Waals surface area (Å²) in [6.45, 7) is 4.07. The van der Waals surface area contributed by atoms with E-state index in [1.807, 2.05) is 13.8 Å². The minimum Gasteiger partial charge on any atom is -0.302 e. The van der Waals surface area contributed by atoms with E-state index in [9.17, 15) is 13.6 Å². The number of carbonyl (C=O) groups is 1. The van der Waals surface area contributed by atoms with E-state index in [-0.39, 0.29) is 17.9 Å². The summed E-state index contributed by atoms with van der Waals surface area (Å²) in [5.41, 5.74) is 0.157. The smallest absolute Gasteiger partial charge is 0.230 e. The molecule has 0 radical (unpaired) electrons. The van der Waals surface area contributed by atoms with Gasteiger partial charge in [0.25, 0.3) is 0 Å². The first kappa shape index (κ1) is 14.6. The van der Waals surface area contributed by atoms with Crippen molar-refractivity contribution >= 4 is 22.4 Å². The van der Waals surface area contributed by atoms with Gasteiger partial charge in [0.2, 0.25) is 5.91 Å². The fraction of sp³-hybridized carbons (Fsp3) is 0.286. The van der Waals surface area contributed by atoms with E-state index in [4.69, 9.17) is 0 Å². The molecule has 1 heterocycles. The van der Waals surface area contributed by atoms with Crippen molar-refractivity contribution in [1.29, 1.82) is 0 Å². The molecule has 20 heavy (non-hydrogen) atoms. The number of hydrogen-bond donors (Lipinski definition) is 1. The van der Waals surface area contributed by atoms with Crippen LogP contribution in [0.15, 0.2) is 24.4 Å². The Kier molecular flexibility index (Phi) is 4.44. The maximum Gasteiger partial charge on any atom is 0.230 e. The summed E-state index contributed by atoms with van der Waals surface area (Å²) in [7, 11) is 0. The van der Waals surface area contributed by atoms with Gasteiger partial charge in [0.1, 0.15) is 11.6 Å². The zero-order valence-corrected chi connectivity index (χ0v) is 11.9. The Bertz CT molecular complexity index is 625. The zero-order valence-electron chi connectivity index (χ0n) is 11.1. The van der Waals surface area contributed by atoms with Crippen molar-refractivity contribution in [2.75, 3.05) is 5.32 Å². The fourth-order valence-electron chi connectivity index (χ4n) is 1.61. The molecule has 6 heteroatoms. The summed E-state index contributed by atoms with van der Waals surface area (Å²) in [5, 5.41) is 3.10. The molecule has 0 spiro atoms. The second-order valence-electron chi connectivity index (χ2n) is 4.68. The molecule has 2 rings (SSSR count). The van der Waals surface area contributed by atoms with E-state index in [1.165, 1.54) is 17.4 Å². The summed E-state index contributed by atoms with van der Waals surface area (Å²) in [6.07, 6.45) is 1.56. The molecule has 0 saturated carbocycles. The fourth-order valence-corrected chi connectivity index (χ4v) is 2.45. The molecular weight excluding hydrogens is 282 g/mol. The minimum atomic E-state index is -0.720. The first-order valence-electron chi connectivity index (χ1n) is 6.15. The number of hydrogen-bond acceptors (Lipinski definition) is 3. The van der Waals surface area contributed by atoms with Crippen molar-refractivity contribution in [1.82, 2.24) is 4.98 Å². The monoisotopic (exact) mass is 296 g/mol. The third-order valence-corrected chi connectivity index (χ3v) is 3.92. The first-order valence-corrected chi connectivity index (χ1v) is 6.97. The van der Waals surface area contributed by atoms with Gasteiger partial charge in [-0.25, -0.2) is 13.8 Å². The third kappa shape index (κ3) is 3.60. The van der Waals surface area contributed by atoms with Crippen LogP contribution < -0.4 is 5.32 Å². The number of anilines is 1. The molecule has 1 aromatic carbocycles. The molecule has 1 N–H and O–H groups in total. The van der Waals surface area contributed by atoms with Gasteiger partial charge in [0, 0.05) is 17.1 Å². The Hall–Kier alpha value is -1.82. The summed E-state index contributed by atoms with van der Waals surface area (Å²) in [6, 6.07) is 3.17. The molecule has 1 aromatic heterocycles. The molecule has 0 fully saturated rings. The summed E-state index contributed by atoms with van der Waals surface area (Å²) >= 11 is 1.39. The van der Waals surface area contributed by atoms with Crippen molar-refractivity contribution in [3.05, 3.63) is 46.5 Å². The Morgan fingerprint density at radius 1 is 1.40 bits per heavy atom. The lowest BCUT2D eigenvalue weighted by Crippen LogP contribution is -2.15. The van der Waals surface area contributed by atoms with Gasteiger partial charge >= 0.3 is 0 Å². The van der Waals surface area contributed by atoms with Crippen molar-refractivity contribution < 1.29 is 13.6 Å². The molecular formula is C14H14F2N2OS. The summed E-state index contributed by atoms with van der Waals surface area (Å²) in [5.74, 6) is -1.41. The highest BCUT2D eigenvalue weighted by molar-refractivity contribution is 7.15. The van der Waals surface area contributed by atoms with E-state index in [0.29, 0.717) is 11.0 Å². The lowest BCUT2D eigenvalue weighted by atomic mass is 10.1. The molecule has 106 valence electrons. The second-order valence-corrected chi connectivity index (χ2v) is 5.75. The molecule has 0 unspecified atom stereocenters. The van der Waals surface area contributed by atoms with Crippen molar-refractivity contribution in [3.63, 3.8) is 0 Å². The molecule has 1 amide bonds. The topological polar surface area (TPSA) is 42.0 Å². The van der Waals surface area contributed by atoms with Crippen LogP contribution in [0.25, 0.3) is 0 Å². The van der Waals surface area contributed by atoms with Crippen LogP contribution >= 0.6 is 11.3 Å². The Labute approximate surface area is 119 Å². The number of thiazole rings is 1. The average Bonchev–Trinajstić information content (AvgIpc) is 2.81. The van der Waals surface area contributed by atoms with Crippen molar-refractivity contribution in [3.8, 4) is 0 Å². The molecule has 0 saturated heterocycles. The Morgan fingerprint density at radius 3 is 2.75 bits per heavy atom. The number of amides is 1. The first-order chi connectivity index (χ1) is 9.45. The van der Waals surface area contributed by atoms with Crippen molar-refractivity contribution in [2.45, 2.75) is 26.2 Å². The largest absolute Gasteiger partial charge is 0.302 e. The van der Waals surface area contributed by atoms with Gasteiger partial charge < -0.3 is 5.32 Å². The number of nitrogens with zero attached hydrogens (tertiary/aromatic N) is 1. The lowest BCUT2D eigenvalue weighted by Gasteiger charge is -2.03. The zero-order chi connectivity index (χ0) is 14.7. The second kappa shape index (κ2) is 6.09. The number of aromatic nitrogens is 1. The van der Waals surface area contributed by atoms with Crippen molar-refractivity contribution in [2.24, 2.45) is 0 Å². The number of benzene rings is 1. The summed E-state index contributed by atoms with van der Waals surface area (Å²) in [4.78, 5) is 16.9. The van der Waals surface area contributed by atoms with Gasteiger partial charge in [0.15, 0.2) is 5.13 Å². The van der Waals surface area contributed by atoms with Crippen LogP contribution in [-0.2, 0) is 11.2 Å². The van der Waals surface area contributed by atoms with E-state index >= 15 is 0 Å². The number of rotatable bonds is 4. The third-order valence-electron chi connectivity index (χ3n) is 2.71. The maximum absolute atomic E-state index is 13.4. The van der Waals surface area contributed by atoms with Crippen LogP contribution in [0.4, 0.5) is 13.9 Å². The van der Waals surface area contributed by atoms with Gasteiger partial charge in [-0.3, -0.25) is 4.79 Å². The number of carbonyl (C=O) groups excluding carboxylic acids is 1. The van der Waals surface area contributed by atoms with Crippen LogP contribution in [0.3, 0.4) is 0 Å². The molecule has 2 aromatic rings. The number of halogens is 2. The van der Waals surface area contributed by atoms with E-state index in [2.05, 4.69) is 10.3 Å². The Balaban J connectivity index is 2.01. The van der Waals surface area contributed by atoms with Gasteiger partial charge in [-0.1, -0.05) is 19.9 Å². The highest BCUT2D eigenvalue weighted by Gasteiger charge is 2.12. The van der Waals surface area contributed by atoms with Gasteiger partial charge in [-0.15, -0.1) is 11.3 Å². The number of nitrogens with one attached hydrogen (secondary N) is 1. The molecule has 0 bridgehead atoms. The Morgan fingerprint density at radius 2 is 2.15 bits per heavy atom. The lowest BCUT2D eigenvalue weighted by molar-refractivity contribution is -0.115. The predicted octanol–water partition coefficient (Wildman–Crippen LogP) is 3.73. The predicted molar refractivity (Wildman–Crippen MR) is 74.9 cm³/mol. The van der Waals surface area contributed by atoms with Crippen LogP contribution in [0.5, 0.6) is 0 Å².